The fourth-order valence-corrected chi connectivity index (χ4v) is 4.13. The van der Waals surface area contributed by atoms with Crippen LogP contribution in [0.3, 0.4) is 0 Å². The lowest BCUT2D eigenvalue weighted by Crippen LogP contribution is -2.48. The molecule has 6 nitrogen and oxygen atoms in total. The number of carbonyl (C=O) groups excluding carboxylic acids is 2. The highest BCUT2D eigenvalue weighted by molar-refractivity contribution is 5.79. The summed E-state index contributed by atoms with van der Waals surface area (Å²) in [5.74, 6) is -0.422. The summed E-state index contributed by atoms with van der Waals surface area (Å²) >= 11 is 0. The molecule has 1 heterocycles. The number of carbonyl (C=O) groups is 2. The van der Waals surface area contributed by atoms with Crippen LogP contribution < -0.4 is 15.4 Å². The number of ether oxygens (including phenoxy) is 1. The van der Waals surface area contributed by atoms with Crippen LogP contribution in [-0.2, 0) is 22.3 Å². The summed E-state index contributed by atoms with van der Waals surface area (Å²) in [6.07, 6.45) is -3.87. The minimum Gasteiger partial charge on any atom is -0.493 e. The Bertz CT molecular complexity index is 953. The number of nitrogens with one attached hydrogen (secondary N) is 2. The number of nitrogens with zero attached hydrogens (tertiary/aromatic N) is 1. The van der Waals surface area contributed by atoms with E-state index in [0.29, 0.717) is 39.1 Å². The normalized spacial score (nSPS) is 18.8. The van der Waals surface area contributed by atoms with Crippen molar-refractivity contribution in [2.24, 2.45) is 11.8 Å². The van der Waals surface area contributed by atoms with Crippen LogP contribution in [0.2, 0.25) is 0 Å². The van der Waals surface area contributed by atoms with Crippen molar-refractivity contribution in [3.05, 3.63) is 65.7 Å². The van der Waals surface area contributed by atoms with Gasteiger partial charge in [0.05, 0.1) is 18.1 Å². The van der Waals surface area contributed by atoms with Crippen molar-refractivity contribution < 1.29 is 27.5 Å². The quantitative estimate of drug-likeness (QED) is 0.543. The molecule has 184 valence electrons. The maximum absolute atomic E-state index is 13.0. The highest BCUT2D eigenvalue weighted by Crippen LogP contribution is 2.32. The summed E-state index contributed by atoms with van der Waals surface area (Å²) in [4.78, 5) is 26.0. The zero-order valence-electron chi connectivity index (χ0n) is 19.1. The number of hydrogen-bond donors (Lipinski definition) is 2. The third-order valence-corrected chi connectivity index (χ3v) is 5.68. The van der Waals surface area contributed by atoms with Gasteiger partial charge in [0, 0.05) is 45.6 Å². The highest BCUT2D eigenvalue weighted by Gasteiger charge is 2.33. The number of likely N-dealkylation sites (tertiary alicyclic amines) is 1. The van der Waals surface area contributed by atoms with Gasteiger partial charge >= 0.3 is 6.18 Å². The standard InChI is InChI=1S/C25H30F3N3O3/c1-18(32)29-10-11-30-24(33)21-12-20(15-31(16-21)14-19-6-3-2-4-7-19)17-34-23-9-5-8-22(13-23)25(26,27)28/h2-9,13,20-21H,10-12,14-17H2,1H3,(H,29,32)(H,30,33)/t20-,21+/m0/s1. The summed E-state index contributed by atoms with van der Waals surface area (Å²) in [6, 6.07) is 14.7. The van der Waals surface area contributed by atoms with Crippen molar-refractivity contribution >= 4 is 11.8 Å². The Morgan fingerprint density at radius 1 is 1.03 bits per heavy atom. The van der Waals surface area contributed by atoms with Crippen molar-refractivity contribution in [1.82, 2.24) is 15.5 Å². The van der Waals surface area contributed by atoms with Gasteiger partial charge in [-0.15, -0.1) is 0 Å². The number of piperidine rings is 1. The maximum atomic E-state index is 13.0. The number of amides is 2. The molecule has 1 aliphatic rings. The number of rotatable bonds is 9. The fraction of sp³-hybridized carbons (Fsp3) is 0.440. The van der Waals surface area contributed by atoms with Gasteiger partial charge in [-0.05, 0) is 30.2 Å². The molecule has 2 aromatic rings. The molecular formula is C25H30F3N3O3. The molecule has 2 aromatic carbocycles. The van der Waals surface area contributed by atoms with Crippen LogP contribution in [0.5, 0.6) is 5.75 Å². The van der Waals surface area contributed by atoms with Gasteiger partial charge in [-0.1, -0.05) is 36.4 Å². The van der Waals surface area contributed by atoms with Gasteiger partial charge in [-0.25, -0.2) is 0 Å². The van der Waals surface area contributed by atoms with Crippen molar-refractivity contribution in [3.63, 3.8) is 0 Å². The van der Waals surface area contributed by atoms with E-state index in [0.717, 1.165) is 17.7 Å². The van der Waals surface area contributed by atoms with Gasteiger partial charge in [0.15, 0.2) is 0 Å². The van der Waals surface area contributed by atoms with Gasteiger partial charge in [0.1, 0.15) is 5.75 Å². The lowest BCUT2D eigenvalue weighted by atomic mass is 9.88. The van der Waals surface area contributed by atoms with Crippen LogP contribution in [0.15, 0.2) is 54.6 Å². The molecule has 0 bridgehead atoms. The first kappa shape index (κ1) is 25.6. The lowest BCUT2D eigenvalue weighted by molar-refractivity contribution is -0.137. The van der Waals surface area contributed by atoms with Crippen LogP contribution in [0.4, 0.5) is 13.2 Å². The van der Waals surface area contributed by atoms with Gasteiger partial charge < -0.3 is 15.4 Å². The van der Waals surface area contributed by atoms with E-state index in [1.165, 1.54) is 19.1 Å². The zero-order valence-corrected chi connectivity index (χ0v) is 19.1. The Balaban J connectivity index is 1.63. The van der Waals surface area contributed by atoms with Crippen molar-refractivity contribution in [2.45, 2.75) is 26.1 Å². The molecular weight excluding hydrogens is 447 g/mol. The minimum absolute atomic E-state index is 0.0295. The van der Waals surface area contributed by atoms with Crippen LogP contribution >= 0.6 is 0 Å². The summed E-state index contributed by atoms with van der Waals surface area (Å²) in [6.45, 7) is 4.21. The Hall–Kier alpha value is -3.07. The van der Waals surface area contributed by atoms with E-state index in [1.54, 1.807) is 0 Å². The maximum Gasteiger partial charge on any atom is 0.416 e. The van der Waals surface area contributed by atoms with E-state index < -0.39 is 11.7 Å². The molecule has 0 radical (unpaired) electrons. The predicted molar refractivity (Wildman–Crippen MR) is 122 cm³/mol. The minimum atomic E-state index is -4.43. The second-order valence-electron chi connectivity index (χ2n) is 8.59. The molecule has 1 saturated heterocycles. The van der Waals surface area contributed by atoms with Crippen LogP contribution in [0, 0.1) is 11.8 Å². The average Bonchev–Trinajstić information content (AvgIpc) is 2.80. The predicted octanol–water partition coefficient (Wildman–Crippen LogP) is 3.47. The molecule has 0 spiro atoms. The second-order valence-corrected chi connectivity index (χ2v) is 8.59. The number of benzene rings is 2. The molecule has 0 saturated carbocycles. The topological polar surface area (TPSA) is 70.7 Å². The van der Waals surface area contributed by atoms with E-state index in [-0.39, 0.29) is 36.0 Å². The third-order valence-electron chi connectivity index (χ3n) is 5.68. The van der Waals surface area contributed by atoms with Crippen LogP contribution in [0.25, 0.3) is 0 Å². The van der Waals surface area contributed by atoms with Crippen molar-refractivity contribution in [1.29, 1.82) is 0 Å². The first-order valence-electron chi connectivity index (χ1n) is 11.3. The first-order chi connectivity index (χ1) is 16.2. The summed E-state index contributed by atoms with van der Waals surface area (Å²) in [7, 11) is 0. The molecule has 0 aliphatic carbocycles. The Kier molecular flexibility index (Phi) is 8.92. The molecule has 1 fully saturated rings. The number of hydrogen-bond acceptors (Lipinski definition) is 4. The smallest absolute Gasteiger partial charge is 0.416 e. The molecule has 0 aromatic heterocycles. The molecule has 34 heavy (non-hydrogen) atoms. The molecule has 2 atom stereocenters. The first-order valence-corrected chi connectivity index (χ1v) is 11.3. The van der Waals surface area contributed by atoms with Crippen LogP contribution in [0.1, 0.15) is 24.5 Å². The summed E-state index contributed by atoms with van der Waals surface area (Å²) < 4.78 is 44.7. The van der Waals surface area contributed by atoms with Crippen LogP contribution in [-0.4, -0.2) is 49.5 Å². The highest BCUT2D eigenvalue weighted by atomic mass is 19.4. The second kappa shape index (κ2) is 11.9. The summed E-state index contributed by atoms with van der Waals surface area (Å²) in [5.41, 5.74) is 0.363. The van der Waals surface area contributed by atoms with E-state index in [2.05, 4.69) is 15.5 Å². The van der Waals surface area contributed by atoms with E-state index in [9.17, 15) is 22.8 Å². The van der Waals surface area contributed by atoms with E-state index in [1.807, 2.05) is 30.3 Å². The molecule has 2 N–H and O–H groups in total. The van der Waals surface area contributed by atoms with Gasteiger partial charge in [-0.3, -0.25) is 14.5 Å². The Morgan fingerprint density at radius 2 is 1.76 bits per heavy atom. The van der Waals surface area contributed by atoms with Crippen molar-refractivity contribution in [3.8, 4) is 5.75 Å². The number of halogens is 3. The van der Waals surface area contributed by atoms with Crippen molar-refractivity contribution in [2.75, 3.05) is 32.8 Å². The number of alkyl halides is 3. The third kappa shape index (κ3) is 8.06. The molecule has 1 aliphatic heterocycles. The Morgan fingerprint density at radius 3 is 2.47 bits per heavy atom. The SMILES string of the molecule is CC(=O)NCCNC(=O)[C@@H]1C[C@H](COc2cccc(C(F)(F)F)c2)CN(Cc2ccccc2)C1. The monoisotopic (exact) mass is 477 g/mol. The molecule has 0 unspecified atom stereocenters. The van der Waals surface area contributed by atoms with Gasteiger partial charge in [0.25, 0.3) is 0 Å². The largest absolute Gasteiger partial charge is 0.493 e. The Labute approximate surface area is 197 Å². The van der Waals surface area contributed by atoms with E-state index in [4.69, 9.17) is 4.74 Å². The molecule has 2 amide bonds. The van der Waals surface area contributed by atoms with Gasteiger partial charge in [-0.2, -0.15) is 13.2 Å². The lowest BCUT2D eigenvalue weighted by Gasteiger charge is -2.37. The van der Waals surface area contributed by atoms with Gasteiger partial charge in [0.2, 0.25) is 11.8 Å². The zero-order chi connectivity index (χ0) is 24.6. The summed E-state index contributed by atoms with van der Waals surface area (Å²) in [5, 5.41) is 5.51. The van der Waals surface area contributed by atoms with E-state index >= 15 is 0 Å². The average molecular weight is 478 g/mol. The molecule has 3 rings (SSSR count). The molecule has 9 heteroatoms. The fourth-order valence-electron chi connectivity index (χ4n) is 4.13.